The van der Waals surface area contributed by atoms with Crippen molar-refractivity contribution in [3.05, 3.63) is 59.8 Å². The minimum atomic E-state index is -0.589. The highest BCUT2D eigenvalue weighted by Gasteiger charge is 2.44. The number of hydrogen-bond donors (Lipinski definition) is 2. The van der Waals surface area contributed by atoms with Crippen LogP contribution in [0.25, 0.3) is 0 Å². The van der Waals surface area contributed by atoms with Gasteiger partial charge in [-0.05, 0) is 37.0 Å². The highest BCUT2D eigenvalue weighted by molar-refractivity contribution is 5.76. The summed E-state index contributed by atoms with van der Waals surface area (Å²) in [4.78, 5) is 21.7. The first-order chi connectivity index (χ1) is 14.0. The number of imidazole rings is 1. The molecular weight excluding hydrogens is 372 g/mol. The molecule has 2 amide bonds. The highest BCUT2D eigenvalue weighted by atomic mass is 16.5. The van der Waals surface area contributed by atoms with Gasteiger partial charge >= 0.3 is 6.03 Å². The molecular formula is C20H24N6O3. The van der Waals surface area contributed by atoms with Crippen LogP contribution in [0.3, 0.4) is 0 Å². The number of urea groups is 1. The third-order valence-corrected chi connectivity index (χ3v) is 5.36. The van der Waals surface area contributed by atoms with Gasteiger partial charge in [0.15, 0.2) is 5.82 Å². The van der Waals surface area contributed by atoms with Gasteiger partial charge in [-0.25, -0.2) is 9.78 Å². The zero-order chi connectivity index (χ0) is 20.4. The van der Waals surface area contributed by atoms with Crippen LogP contribution in [0.15, 0.2) is 41.2 Å². The van der Waals surface area contributed by atoms with E-state index in [0.29, 0.717) is 11.7 Å². The van der Waals surface area contributed by atoms with E-state index in [1.165, 1.54) is 0 Å². The predicted molar refractivity (Wildman–Crippen MR) is 104 cm³/mol. The van der Waals surface area contributed by atoms with E-state index >= 15 is 0 Å². The maximum absolute atomic E-state index is 13.0. The van der Waals surface area contributed by atoms with Gasteiger partial charge in [0.2, 0.25) is 5.89 Å². The molecule has 1 aliphatic carbocycles. The van der Waals surface area contributed by atoms with Crippen molar-refractivity contribution in [3.63, 3.8) is 0 Å². The van der Waals surface area contributed by atoms with E-state index in [4.69, 9.17) is 9.26 Å². The number of aryl methyl sites for hydroxylation is 2. The van der Waals surface area contributed by atoms with Crippen molar-refractivity contribution < 1.29 is 14.1 Å². The molecule has 1 aliphatic rings. The molecule has 1 saturated carbocycles. The molecule has 9 heteroatoms. The molecule has 4 rings (SSSR count). The van der Waals surface area contributed by atoms with E-state index in [0.717, 1.165) is 36.4 Å². The Morgan fingerprint density at radius 1 is 1.31 bits per heavy atom. The highest BCUT2D eigenvalue weighted by Crippen LogP contribution is 2.39. The average Bonchev–Trinajstić information content (AvgIpc) is 3.31. The van der Waals surface area contributed by atoms with Crippen LogP contribution >= 0.6 is 0 Å². The van der Waals surface area contributed by atoms with E-state index in [9.17, 15) is 4.79 Å². The van der Waals surface area contributed by atoms with Crippen LogP contribution < -0.4 is 15.4 Å². The zero-order valence-electron chi connectivity index (χ0n) is 16.7. The number of methoxy groups -OCH3 is 1. The monoisotopic (exact) mass is 396 g/mol. The average molecular weight is 396 g/mol. The minimum absolute atomic E-state index is 0.309. The largest absolute Gasteiger partial charge is 0.497 e. The van der Waals surface area contributed by atoms with Gasteiger partial charge in [-0.15, -0.1) is 0 Å². The summed E-state index contributed by atoms with van der Waals surface area (Å²) in [5.74, 6) is 2.48. The fourth-order valence-electron chi connectivity index (χ4n) is 3.56. The van der Waals surface area contributed by atoms with E-state index in [-0.39, 0.29) is 6.03 Å². The Labute approximate surface area is 168 Å². The SMILES string of the molecule is COc1ccc(C(NC(=O)NC2(c3noc(C)n3)CCC2)c2nccn2C)cc1. The number of benzene rings is 1. The Morgan fingerprint density at radius 2 is 2.07 bits per heavy atom. The molecule has 0 bridgehead atoms. The standard InChI is InChI=1S/C20H24N6O3/c1-13-22-18(25-29-13)20(9-4-10-20)24-19(27)23-16(17-21-11-12-26(17)2)14-5-7-15(28-3)8-6-14/h5-8,11-12,16H,4,9-10H2,1-3H3,(H2,23,24,27). The van der Waals surface area contributed by atoms with Crippen molar-refractivity contribution in [2.24, 2.45) is 7.05 Å². The van der Waals surface area contributed by atoms with Gasteiger partial charge in [-0.2, -0.15) is 4.98 Å². The lowest BCUT2D eigenvalue weighted by molar-refractivity contribution is 0.163. The first kappa shape index (κ1) is 19.0. The quantitative estimate of drug-likeness (QED) is 0.663. The van der Waals surface area contributed by atoms with Crippen LogP contribution in [0.5, 0.6) is 5.75 Å². The van der Waals surface area contributed by atoms with Gasteiger partial charge in [0.25, 0.3) is 0 Å². The van der Waals surface area contributed by atoms with Crippen molar-refractivity contribution in [2.45, 2.75) is 37.8 Å². The molecule has 2 N–H and O–H groups in total. The van der Waals surface area contributed by atoms with Crippen LogP contribution in [-0.4, -0.2) is 32.8 Å². The van der Waals surface area contributed by atoms with Crippen LogP contribution in [0.1, 0.15) is 48.4 Å². The topological polar surface area (TPSA) is 107 Å². The molecule has 1 fully saturated rings. The summed E-state index contributed by atoms with van der Waals surface area (Å²) in [6, 6.07) is 6.82. The second-order valence-electron chi connectivity index (χ2n) is 7.27. The Balaban J connectivity index is 1.57. The summed E-state index contributed by atoms with van der Waals surface area (Å²) in [7, 11) is 3.52. The van der Waals surface area contributed by atoms with Crippen LogP contribution in [0.2, 0.25) is 0 Å². The molecule has 152 valence electrons. The van der Waals surface area contributed by atoms with Gasteiger partial charge in [-0.1, -0.05) is 17.3 Å². The van der Waals surface area contributed by atoms with Crippen LogP contribution in [0.4, 0.5) is 4.79 Å². The predicted octanol–water partition coefficient (Wildman–Crippen LogP) is 2.59. The summed E-state index contributed by atoms with van der Waals surface area (Å²) in [5, 5.41) is 10.1. The van der Waals surface area contributed by atoms with E-state index in [2.05, 4.69) is 25.8 Å². The normalized spacial score (nSPS) is 16.0. The first-order valence-electron chi connectivity index (χ1n) is 9.51. The Bertz CT molecular complexity index is 990. The van der Waals surface area contributed by atoms with Gasteiger partial charge in [-0.3, -0.25) is 0 Å². The van der Waals surface area contributed by atoms with Crippen molar-refractivity contribution in [2.75, 3.05) is 7.11 Å². The summed E-state index contributed by atoms with van der Waals surface area (Å²) >= 11 is 0. The Hall–Kier alpha value is -3.36. The maximum Gasteiger partial charge on any atom is 0.316 e. The second-order valence-corrected chi connectivity index (χ2v) is 7.27. The fourth-order valence-corrected chi connectivity index (χ4v) is 3.56. The molecule has 2 aromatic heterocycles. The number of aromatic nitrogens is 4. The van der Waals surface area contributed by atoms with Gasteiger partial charge in [0, 0.05) is 26.4 Å². The number of nitrogens with one attached hydrogen (secondary N) is 2. The number of amides is 2. The molecule has 0 spiro atoms. The lowest BCUT2D eigenvalue weighted by Crippen LogP contribution is -2.55. The Kier molecular flexibility index (Phi) is 4.96. The van der Waals surface area contributed by atoms with Crippen molar-refractivity contribution >= 4 is 6.03 Å². The van der Waals surface area contributed by atoms with Crippen molar-refractivity contribution in [3.8, 4) is 5.75 Å². The summed E-state index contributed by atoms with van der Waals surface area (Å²) in [5.41, 5.74) is 0.307. The first-order valence-corrected chi connectivity index (χ1v) is 9.51. The number of nitrogens with zero attached hydrogens (tertiary/aromatic N) is 4. The second kappa shape index (κ2) is 7.57. The van der Waals surface area contributed by atoms with Crippen LogP contribution in [0, 0.1) is 6.92 Å². The van der Waals surface area contributed by atoms with E-state index in [1.54, 1.807) is 20.2 Å². The number of hydrogen-bond acceptors (Lipinski definition) is 6. The Morgan fingerprint density at radius 3 is 2.59 bits per heavy atom. The molecule has 2 heterocycles. The van der Waals surface area contributed by atoms with E-state index < -0.39 is 11.6 Å². The van der Waals surface area contributed by atoms with Crippen molar-refractivity contribution in [1.29, 1.82) is 0 Å². The summed E-state index contributed by atoms with van der Waals surface area (Å²) in [6.07, 6.45) is 6.10. The van der Waals surface area contributed by atoms with Gasteiger partial charge in [0.05, 0.1) is 7.11 Å². The number of ether oxygens (including phenoxy) is 1. The third-order valence-electron chi connectivity index (χ3n) is 5.36. The molecule has 0 saturated heterocycles. The molecule has 1 atom stereocenters. The zero-order valence-corrected chi connectivity index (χ0v) is 16.7. The molecule has 0 aliphatic heterocycles. The number of carbonyl (C=O) groups is 1. The lowest BCUT2D eigenvalue weighted by Gasteiger charge is -2.39. The number of carbonyl (C=O) groups excluding carboxylic acids is 1. The molecule has 29 heavy (non-hydrogen) atoms. The lowest BCUT2D eigenvalue weighted by atomic mass is 9.76. The summed E-state index contributed by atoms with van der Waals surface area (Å²) in [6.45, 7) is 1.74. The molecule has 3 aromatic rings. The fraction of sp³-hybridized carbons (Fsp3) is 0.400. The summed E-state index contributed by atoms with van der Waals surface area (Å²) < 4.78 is 12.2. The molecule has 1 aromatic carbocycles. The minimum Gasteiger partial charge on any atom is -0.497 e. The number of rotatable bonds is 6. The molecule has 0 radical (unpaired) electrons. The van der Waals surface area contributed by atoms with Gasteiger partial charge < -0.3 is 24.5 Å². The van der Waals surface area contributed by atoms with Crippen LogP contribution in [-0.2, 0) is 12.6 Å². The molecule has 9 nitrogen and oxygen atoms in total. The smallest absolute Gasteiger partial charge is 0.316 e. The van der Waals surface area contributed by atoms with E-state index in [1.807, 2.05) is 42.1 Å². The molecule has 1 unspecified atom stereocenters. The third kappa shape index (κ3) is 3.67. The maximum atomic E-state index is 13.0. The van der Waals surface area contributed by atoms with Gasteiger partial charge in [0.1, 0.15) is 23.2 Å². The van der Waals surface area contributed by atoms with Crippen molar-refractivity contribution in [1.82, 2.24) is 30.3 Å².